The summed E-state index contributed by atoms with van der Waals surface area (Å²) in [4.78, 5) is 27.1. The highest BCUT2D eigenvalue weighted by Crippen LogP contribution is 2.25. The predicted octanol–water partition coefficient (Wildman–Crippen LogP) is 1.66. The van der Waals surface area contributed by atoms with Crippen LogP contribution >= 0.6 is 0 Å². The van der Waals surface area contributed by atoms with Crippen LogP contribution in [0.4, 0.5) is 16.2 Å². The van der Waals surface area contributed by atoms with Gasteiger partial charge in [0.2, 0.25) is 5.91 Å². The standard InChI is InChI=1S/C15H24N4O2/c1-10-12(8-7-9-13(10)18(3)4)17-15(21)16-11(2)14(20)19(5)6/h7-9,11H,1-6H3,(H2,16,17,21)/t11-/m0/s1. The molecule has 0 saturated heterocycles. The first-order valence-corrected chi connectivity index (χ1v) is 6.79. The molecule has 0 aliphatic rings. The number of amides is 3. The van der Waals surface area contributed by atoms with E-state index in [2.05, 4.69) is 10.6 Å². The molecule has 6 heteroatoms. The molecule has 21 heavy (non-hydrogen) atoms. The molecule has 0 unspecified atom stereocenters. The van der Waals surface area contributed by atoms with Crippen molar-refractivity contribution in [2.75, 3.05) is 38.4 Å². The highest BCUT2D eigenvalue weighted by atomic mass is 16.2. The van der Waals surface area contributed by atoms with Crippen LogP contribution in [0.1, 0.15) is 12.5 Å². The highest BCUT2D eigenvalue weighted by Gasteiger charge is 2.17. The third-order valence-electron chi connectivity index (χ3n) is 3.19. The molecule has 0 aliphatic heterocycles. The fourth-order valence-electron chi connectivity index (χ4n) is 2.05. The lowest BCUT2D eigenvalue weighted by atomic mass is 10.1. The number of rotatable bonds is 4. The SMILES string of the molecule is Cc1c(NC(=O)N[C@@H](C)C(=O)N(C)C)cccc1N(C)C. The Labute approximate surface area is 126 Å². The number of urea groups is 1. The third-order valence-corrected chi connectivity index (χ3v) is 3.19. The Morgan fingerprint density at radius 2 is 1.76 bits per heavy atom. The van der Waals surface area contributed by atoms with E-state index in [0.717, 1.165) is 16.9 Å². The topological polar surface area (TPSA) is 64.7 Å². The fraction of sp³-hybridized carbons (Fsp3) is 0.467. The van der Waals surface area contributed by atoms with Gasteiger partial charge in [-0.15, -0.1) is 0 Å². The average Bonchev–Trinajstić information content (AvgIpc) is 2.39. The van der Waals surface area contributed by atoms with Gasteiger partial charge < -0.3 is 20.4 Å². The van der Waals surface area contributed by atoms with Gasteiger partial charge >= 0.3 is 6.03 Å². The highest BCUT2D eigenvalue weighted by molar-refractivity contribution is 5.94. The number of hydrogen-bond donors (Lipinski definition) is 2. The molecule has 0 saturated carbocycles. The van der Waals surface area contributed by atoms with Crippen molar-refractivity contribution in [1.82, 2.24) is 10.2 Å². The van der Waals surface area contributed by atoms with Gasteiger partial charge in [-0.1, -0.05) is 6.07 Å². The first kappa shape index (κ1) is 16.8. The van der Waals surface area contributed by atoms with E-state index in [0.29, 0.717) is 0 Å². The van der Waals surface area contributed by atoms with Gasteiger partial charge in [0.05, 0.1) is 0 Å². The maximum Gasteiger partial charge on any atom is 0.319 e. The van der Waals surface area contributed by atoms with Gasteiger partial charge in [0, 0.05) is 39.6 Å². The first-order chi connectivity index (χ1) is 9.73. The first-order valence-electron chi connectivity index (χ1n) is 6.79. The molecule has 2 N–H and O–H groups in total. The number of nitrogens with one attached hydrogen (secondary N) is 2. The molecule has 0 spiro atoms. The minimum atomic E-state index is -0.572. The van der Waals surface area contributed by atoms with Gasteiger partial charge in [-0.3, -0.25) is 4.79 Å². The van der Waals surface area contributed by atoms with E-state index < -0.39 is 12.1 Å². The number of nitrogens with zero attached hydrogens (tertiary/aromatic N) is 2. The fourth-order valence-corrected chi connectivity index (χ4v) is 2.05. The van der Waals surface area contributed by atoms with Crippen molar-refractivity contribution < 1.29 is 9.59 Å². The van der Waals surface area contributed by atoms with Gasteiger partial charge in [0.25, 0.3) is 0 Å². The largest absolute Gasteiger partial charge is 0.377 e. The van der Waals surface area contributed by atoms with E-state index in [4.69, 9.17) is 0 Å². The molecular weight excluding hydrogens is 268 g/mol. The van der Waals surface area contributed by atoms with Crippen molar-refractivity contribution in [3.05, 3.63) is 23.8 Å². The van der Waals surface area contributed by atoms with Gasteiger partial charge in [-0.05, 0) is 31.5 Å². The van der Waals surface area contributed by atoms with Crippen molar-refractivity contribution in [3.8, 4) is 0 Å². The van der Waals surface area contributed by atoms with E-state index in [1.807, 2.05) is 44.1 Å². The van der Waals surface area contributed by atoms with E-state index in [9.17, 15) is 9.59 Å². The maximum atomic E-state index is 12.0. The number of likely N-dealkylation sites (N-methyl/N-ethyl adjacent to an activating group) is 1. The van der Waals surface area contributed by atoms with Crippen molar-refractivity contribution in [3.63, 3.8) is 0 Å². The van der Waals surface area contributed by atoms with Crippen LogP contribution in [0.15, 0.2) is 18.2 Å². The molecule has 3 amide bonds. The summed E-state index contributed by atoms with van der Waals surface area (Å²) in [7, 11) is 7.21. The zero-order valence-corrected chi connectivity index (χ0v) is 13.5. The summed E-state index contributed by atoms with van der Waals surface area (Å²) in [6, 6.07) is 4.73. The van der Waals surface area contributed by atoms with E-state index in [1.165, 1.54) is 4.90 Å². The zero-order chi connectivity index (χ0) is 16.2. The van der Waals surface area contributed by atoms with Crippen LogP contribution in [0.5, 0.6) is 0 Å². The molecule has 0 fully saturated rings. The summed E-state index contributed by atoms with van der Waals surface area (Å²) in [5, 5.41) is 5.41. The van der Waals surface area contributed by atoms with E-state index in [1.54, 1.807) is 21.0 Å². The molecule has 1 atom stereocenters. The zero-order valence-electron chi connectivity index (χ0n) is 13.5. The van der Waals surface area contributed by atoms with Crippen LogP contribution in [0.25, 0.3) is 0 Å². The maximum absolute atomic E-state index is 12.0. The summed E-state index contributed by atoms with van der Waals surface area (Å²) in [5.74, 6) is -0.149. The van der Waals surface area contributed by atoms with Gasteiger partial charge in [-0.2, -0.15) is 0 Å². The lowest BCUT2D eigenvalue weighted by molar-refractivity contribution is -0.130. The Balaban J connectivity index is 2.76. The molecule has 0 aromatic heterocycles. The van der Waals surface area contributed by atoms with E-state index in [-0.39, 0.29) is 5.91 Å². The average molecular weight is 292 g/mol. The van der Waals surface area contributed by atoms with Crippen molar-refractivity contribution in [1.29, 1.82) is 0 Å². The van der Waals surface area contributed by atoms with E-state index >= 15 is 0 Å². The molecule has 1 rings (SSSR count). The lowest BCUT2D eigenvalue weighted by Gasteiger charge is -2.20. The second-order valence-corrected chi connectivity index (χ2v) is 5.40. The summed E-state index contributed by atoms with van der Waals surface area (Å²) in [6.45, 7) is 3.60. The molecule has 1 aromatic rings. The Morgan fingerprint density at radius 1 is 1.14 bits per heavy atom. The summed E-state index contributed by atoms with van der Waals surface area (Å²) in [6.07, 6.45) is 0. The molecule has 0 radical (unpaired) electrons. The number of hydrogen-bond acceptors (Lipinski definition) is 3. The van der Waals surface area contributed by atoms with Crippen LogP contribution in [0.2, 0.25) is 0 Å². The van der Waals surface area contributed by atoms with Gasteiger partial charge in [-0.25, -0.2) is 4.79 Å². The quantitative estimate of drug-likeness (QED) is 0.887. The Bertz CT molecular complexity index is 526. The van der Waals surface area contributed by atoms with Crippen molar-refractivity contribution in [2.45, 2.75) is 19.9 Å². The van der Waals surface area contributed by atoms with Crippen LogP contribution in [-0.4, -0.2) is 51.1 Å². The smallest absolute Gasteiger partial charge is 0.319 e. The van der Waals surface area contributed by atoms with Crippen molar-refractivity contribution >= 4 is 23.3 Å². The van der Waals surface area contributed by atoms with Crippen LogP contribution < -0.4 is 15.5 Å². The second kappa shape index (κ2) is 6.97. The Kier molecular flexibility index (Phi) is 5.58. The molecule has 0 heterocycles. The Morgan fingerprint density at radius 3 is 2.29 bits per heavy atom. The molecule has 116 valence electrons. The molecular formula is C15H24N4O2. The second-order valence-electron chi connectivity index (χ2n) is 5.40. The number of anilines is 2. The van der Waals surface area contributed by atoms with Gasteiger partial charge in [0.1, 0.15) is 6.04 Å². The number of carbonyl (C=O) groups is 2. The minimum Gasteiger partial charge on any atom is -0.377 e. The third kappa shape index (κ3) is 4.37. The van der Waals surface area contributed by atoms with Crippen LogP contribution in [0.3, 0.4) is 0 Å². The predicted molar refractivity (Wildman–Crippen MR) is 85.8 cm³/mol. The summed E-state index contributed by atoms with van der Waals surface area (Å²) < 4.78 is 0. The van der Waals surface area contributed by atoms with Crippen LogP contribution in [0, 0.1) is 6.92 Å². The minimum absolute atomic E-state index is 0.149. The van der Waals surface area contributed by atoms with Crippen molar-refractivity contribution in [2.24, 2.45) is 0 Å². The molecule has 0 bridgehead atoms. The summed E-state index contributed by atoms with van der Waals surface area (Å²) >= 11 is 0. The molecule has 1 aromatic carbocycles. The molecule has 0 aliphatic carbocycles. The Hall–Kier alpha value is -2.24. The monoisotopic (exact) mass is 292 g/mol. The normalized spacial score (nSPS) is 11.5. The van der Waals surface area contributed by atoms with Crippen LogP contribution in [-0.2, 0) is 4.79 Å². The van der Waals surface area contributed by atoms with Gasteiger partial charge in [0.15, 0.2) is 0 Å². The molecule has 6 nitrogen and oxygen atoms in total. The summed E-state index contributed by atoms with van der Waals surface area (Å²) in [5.41, 5.74) is 2.73. The number of carbonyl (C=O) groups excluding carboxylic acids is 2. The number of benzene rings is 1. The lowest BCUT2D eigenvalue weighted by Crippen LogP contribution is -2.45.